The lowest BCUT2D eigenvalue weighted by molar-refractivity contribution is -0.145. The van der Waals surface area contributed by atoms with Gasteiger partial charge in [-0.1, -0.05) is 0 Å². The number of ether oxygens (including phenoxy) is 2. The van der Waals surface area contributed by atoms with Gasteiger partial charge in [0.15, 0.2) is 0 Å². The Hall–Kier alpha value is -1.06. The number of carbonyl (C=O) groups excluding carboxylic acids is 2. The van der Waals surface area contributed by atoms with Crippen LogP contribution in [0.2, 0.25) is 0 Å². The summed E-state index contributed by atoms with van der Waals surface area (Å²) >= 11 is 0. The first kappa shape index (κ1) is 15.4. The summed E-state index contributed by atoms with van der Waals surface area (Å²) in [6.45, 7) is 10.1. The van der Waals surface area contributed by atoms with Crippen molar-refractivity contribution in [3.8, 4) is 0 Å². The van der Waals surface area contributed by atoms with Crippen LogP contribution >= 0.6 is 0 Å². The van der Waals surface area contributed by atoms with E-state index in [9.17, 15) is 9.59 Å². The lowest BCUT2D eigenvalue weighted by atomic mass is 10.5. The number of esters is 2. The number of hydrogen-bond acceptors (Lipinski definition) is 4. The zero-order chi connectivity index (χ0) is 11.7. The SMILES string of the molecule is CC(=O)OC(C)C.CC(=O)OC(C)C. The molecule has 0 atom stereocenters. The minimum atomic E-state index is -0.213. The van der Waals surface area contributed by atoms with Crippen LogP contribution < -0.4 is 0 Å². The van der Waals surface area contributed by atoms with Gasteiger partial charge >= 0.3 is 11.9 Å². The molecular formula is C10H20O4. The summed E-state index contributed by atoms with van der Waals surface area (Å²) in [7, 11) is 0. The van der Waals surface area contributed by atoms with Gasteiger partial charge in [-0.3, -0.25) is 9.59 Å². The normalized spacial score (nSPS) is 9.14. The molecule has 4 nitrogen and oxygen atoms in total. The second kappa shape index (κ2) is 8.53. The number of hydrogen-bond donors (Lipinski definition) is 0. The first-order valence-corrected chi connectivity index (χ1v) is 4.60. The zero-order valence-corrected chi connectivity index (χ0v) is 9.79. The second-order valence-electron chi connectivity index (χ2n) is 3.32. The third-order valence-electron chi connectivity index (χ3n) is 0.803. The van der Waals surface area contributed by atoms with E-state index in [1.54, 1.807) is 0 Å². The molecule has 0 aliphatic carbocycles. The van der Waals surface area contributed by atoms with Crippen molar-refractivity contribution in [1.82, 2.24) is 0 Å². The summed E-state index contributed by atoms with van der Waals surface area (Å²) in [5, 5.41) is 0. The van der Waals surface area contributed by atoms with Crippen molar-refractivity contribution in [3.63, 3.8) is 0 Å². The predicted octanol–water partition coefficient (Wildman–Crippen LogP) is 1.92. The molecular weight excluding hydrogens is 184 g/mol. The van der Waals surface area contributed by atoms with E-state index < -0.39 is 0 Å². The van der Waals surface area contributed by atoms with E-state index in [0.717, 1.165) is 0 Å². The Morgan fingerprint density at radius 1 is 0.786 bits per heavy atom. The molecule has 0 saturated heterocycles. The smallest absolute Gasteiger partial charge is 0.302 e. The quantitative estimate of drug-likeness (QED) is 0.645. The standard InChI is InChI=1S/2C5H10O2/c2*1-4(2)7-5(3)6/h2*4H,1-3H3. The highest BCUT2D eigenvalue weighted by Crippen LogP contribution is 1.86. The van der Waals surface area contributed by atoms with Crippen molar-refractivity contribution in [2.24, 2.45) is 0 Å². The number of rotatable bonds is 2. The fraction of sp³-hybridized carbons (Fsp3) is 0.800. The van der Waals surface area contributed by atoms with Gasteiger partial charge in [-0.15, -0.1) is 0 Å². The second-order valence-corrected chi connectivity index (χ2v) is 3.32. The molecule has 0 rings (SSSR count). The van der Waals surface area contributed by atoms with Gasteiger partial charge in [0.05, 0.1) is 12.2 Å². The molecule has 0 unspecified atom stereocenters. The zero-order valence-electron chi connectivity index (χ0n) is 9.79. The van der Waals surface area contributed by atoms with Gasteiger partial charge in [0.25, 0.3) is 0 Å². The van der Waals surface area contributed by atoms with Gasteiger partial charge in [0.2, 0.25) is 0 Å². The van der Waals surface area contributed by atoms with Crippen LogP contribution in [0.3, 0.4) is 0 Å². The number of carbonyl (C=O) groups is 2. The van der Waals surface area contributed by atoms with E-state index in [-0.39, 0.29) is 24.1 Å². The Morgan fingerprint density at radius 3 is 1.00 bits per heavy atom. The van der Waals surface area contributed by atoms with Gasteiger partial charge in [-0.2, -0.15) is 0 Å². The van der Waals surface area contributed by atoms with E-state index in [4.69, 9.17) is 0 Å². The maximum Gasteiger partial charge on any atom is 0.302 e. The molecule has 0 radical (unpaired) electrons. The van der Waals surface area contributed by atoms with Gasteiger partial charge in [-0.25, -0.2) is 0 Å². The molecule has 0 aromatic carbocycles. The summed E-state index contributed by atoms with van der Waals surface area (Å²) in [5.74, 6) is -0.426. The minimum absolute atomic E-state index is 0.0255. The summed E-state index contributed by atoms with van der Waals surface area (Å²) < 4.78 is 9.22. The van der Waals surface area contributed by atoms with Gasteiger partial charge in [-0.05, 0) is 27.7 Å². The van der Waals surface area contributed by atoms with Crippen molar-refractivity contribution >= 4 is 11.9 Å². The Balaban J connectivity index is 0. The molecule has 84 valence electrons. The van der Waals surface area contributed by atoms with Crippen LogP contribution in [0.5, 0.6) is 0 Å². The largest absolute Gasteiger partial charge is 0.463 e. The molecule has 14 heavy (non-hydrogen) atoms. The van der Waals surface area contributed by atoms with Crippen molar-refractivity contribution < 1.29 is 19.1 Å². The fourth-order valence-electron chi connectivity index (χ4n) is 0.664. The topological polar surface area (TPSA) is 52.6 Å². The molecule has 0 amide bonds. The van der Waals surface area contributed by atoms with Crippen LogP contribution in [0.25, 0.3) is 0 Å². The Kier molecular flexibility index (Phi) is 9.40. The first-order valence-electron chi connectivity index (χ1n) is 4.60. The summed E-state index contributed by atoms with van der Waals surface area (Å²) in [6.07, 6.45) is 0.0509. The third-order valence-corrected chi connectivity index (χ3v) is 0.803. The van der Waals surface area contributed by atoms with Crippen LogP contribution in [0.4, 0.5) is 0 Å². The van der Waals surface area contributed by atoms with E-state index in [0.29, 0.717) is 0 Å². The highest BCUT2D eigenvalue weighted by atomic mass is 16.5. The third kappa shape index (κ3) is 22.4. The summed E-state index contributed by atoms with van der Waals surface area (Å²) in [6, 6.07) is 0. The van der Waals surface area contributed by atoms with Gasteiger partial charge in [0, 0.05) is 13.8 Å². The maximum absolute atomic E-state index is 10.0. The fourth-order valence-corrected chi connectivity index (χ4v) is 0.664. The predicted molar refractivity (Wildman–Crippen MR) is 53.8 cm³/mol. The maximum atomic E-state index is 10.0. The molecule has 0 saturated carbocycles. The molecule has 0 aliphatic rings. The van der Waals surface area contributed by atoms with Crippen LogP contribution in [-0.2, 0) is 19.1 Å². The molecule has 0 aliphatic heterocycles. The Labute approximate surface area is 85.6 Å². The van der Waals surface area contributed by atoms with Crippen molar-refractivity contribution in [3.05, 3.63) is 0 Å². The molecule has 0 aromatic heterocycles. The van der Waals surface area contributed by atoms with E-state index in [1.807, 2.05) is 27.7 Å². The van der Waals surface area contributed by atoms with Crippen LogP contribution in [0.1, 0.15) is 41.5 Å². The van der Waals surface area contributed by atoms with E-state index in [1.165, 1.54) is 13.8 Å². The molecule has 0 fully saturated rings. The summed E-state index contributed by atoms with van der Waals surface area (Å²) in [4.78, 5) is 20.1. The van der Waals surface area contributed by atoms with Gasteiger partial charge < -0.3 is 9.47 Å². The lowest BCUT2D eigenvalue weighted by Crippen LogP contribution is -2.06. The van der Waals surface area contributed by atoms with E-state index in [2.05, 4.69) is 9.47 Å². The highest BCUT2D eigenvalue weighted by molar-refractivity contribution is 5.66. The van der Waals surface area contributed by atoms with Crippen molar-refractivity contribution in [1.29, 1.82) is 0 Å². The van der Waals surface area contributed by atoms with Gasteiger partial charge in [0.1, 0.15) is 0 Å². The molecule has 0 aromatic rings. The average molecular weight is 204 g/mol. The van der Waals surface area contributed by atoms with Crippen LogP contribution in [0.15, 0.2) is 0 Å². The summed E-state index contributed by atoms with van der Waals surface area (Å²) in [5.41, 5.74) is 0. The average Bonchev–Trinajstić information content (AvgIpc) is 1.79. The molecule has 0 spiro atoms. The molecule has 0 heterocycles. The van der Waals surface area contributed by atoms with Crippen LogP contribution in [0, 0.1) is 0 Å². The lowest BCUT2D eigenvalue weighted by Gasteiger charge is -2.01. The Morgan fingerprint density at radius 2 is 1.00 bits per heavy atom. The van der Waals surface area contributed by atoms with Crippen molar-refractivity contribution in [2.45, 2.75) is 53.8 Å². The van der Waals surface area contributed by atoms with E-state index >= 15 is 0 Å². The monoisotopic (exact) mass is 204 g/mol. The highest BCUT2D eigenvalue weighted by Gasteiger charge is 1.94. The molecule has 0 N–H and O–H groups in total. The van der Waals surface area contributed by atoms with Crippen molar-refractivity contribution in [2.75, 3.05) is 0 Å². The molecule has 0 bridgehead atoms. The minimum Gasteiger partial charge on any atom is -0.463 e. The van der Waals surface area contributed by atoms with Crippen LogP contribution in [-0.4, -0.2) is 24.1 Å². The molecule has 4 heteroatoms. The first-order chi connectivity index (χ1) is 6.25. The Bertz CT molecular complexity index is 153.